The molecular formula is C10H8N4O. The van der Waals surface area contributed by atoms with Gasteiger partial charge in [0.05, 0.1) is 17.9 Å². The minimum Gasteiger partial charge on any atom is -0.432 e. The first-order valence-electron chi connectivity index (χ1n) is 4.51. The average molecular weight is 200 g/mol. The summed E-state index contributed by atoms with van der Waals surface area (Å²) < 4.78 is 5.08. The number of hydrogen-bond acceptors (Lipinski definition) is 4. The molecule has 0 amide bonds. The second-order valence-electron chi connectivity index (χ2n) is 3.13. The maximum Gasteiger partial charge on any atom is 0.299 e. The predicted molar refractivity (Wildman–Crippen MR) is 55.9 cm³/mol. The molecule has 0 radical (unpaired) electrons. The van der Waals surface area contributed by atoms with E-state index in [1.807, 2.05) is 18.2 Å². The normalized spacial score (nSPS) is 10.7. The molecule has 0 unspecified atom stereocenters. The zero-order valence-corrected chi connectivity index (χ0v) is 7.77. The van der Waals surface area contributed by atoms with Gasteiger partial charge in [-0.3, -0.25) is 5.10 Å². The summed E-state index contributed by atoms with van der Waals surface area (Å²) in [6, 6.07) is 6.35. The SMILES string of the molecule is c1coc(Nc2ccc3cn[nH]c3c2)n1. The van der Waals surface area contributed by atoms with Crippen LogP contribution < -0.4 is 5.32 Å². The lowest BCUT2D eigenvalue weighted by atomic mass is 10.2. The van der Waals surface area contributed by atoms with Gasteiger partial charge in [0.25, 0.3) is 6.01 Å². The quantitative estimate of drug-likeness (QED) is 0.666. The van der Waals surface area contributed by atoms with Gasteiger partial charge in [-0.2, -0.15) is 5.10 Å². The van der Waals surface area contributed by atoms with E-state index < -0.39 is 0 Å². The number of nitrogens with one attached hydrogen (secondary N) is 2. The molecule has 74 valence electrons. The fraction of sp³-hybridized carbons (Fsp3) is 0. The third-order valence-electron chi connectivity index (χ3n) is 2.13. The van der Waals surface area contributed by atoms with E-state index in [9.17, 15) is 0 Å². The van der Waals surface area contributed by atoms with Gasteiger partial charge < -0.3 is 9.73 Å². The van der Waals surface area contributed by atoms with Crippen molar-refractivity contribution in [1.82, 2.24) is 15.2 Å². The predicted octanol–water partition coefficient (Wildman–Crippen LogP) is 2.29. The molecule has 5 nitrogen and oxygen atoms in total. The van der Waals surface area contributed by atoms with E-state index in [4.69, 9.17) is 4.42 Å². The molecule has 0 atom stereocenters. The minimum absolute atomic E-state index is 0.480. The Balaban J connectivity index is 1.97. The fourth-order valence-corrected chi connectivity index (χ4v) is 1.42. The molecule has 3 rings (SSSR count). The number of hydrogen-bond donors (Lipinski definition) is 2. The molecule has 0 fully saturated rings. The van der Waals surface area contributed by atoms with Crippen LogP contribution in [0.1, 0.15) is 0 Å². The van der Waals surface area contributed by atoms with E-state index in [1.54, 1.807) is 12.4 Å². The Morgan fingerprint density at radius 2 is 2.33 bits per heavy atom. The molecule has 15 heavy (non-hydrogen) atoms. The van der Waals surface area contributed by atoms with Crippen LogP contribution in [0.5, 0.6) is 0 Å². The molecular weight excluding hydrogens is 192 g/mol. The van der Waals surface area contributed by atoms with Gasteiger partial charge in [0.1, 0.15) is 6.26 Å². The molecule has 0 spiro atoms. The molecule has 0 aliphatic rings. The zero-order chi connectivity index (χ0) is 10.1. The molecule has 0 aliphatic carbocycles. The van der Waals surface area contributed by atoms with Gasteiger partial charge in [-0.25, -0.2) is 4.98 Å². The molecule has 2 aromatic heterocycles. The zero-order valence-electron chi connectivity index (χ0n) is 7.77. The van der Waals surface area contributed by atoms with Gasteiger partial charge in [0.2, 0.25) is 0 Å². The van der Waals surface area contributed by atoms with Gasteiger partial charge in [-0.05, 0) is 18.2 Å². The van der Waals surface area contributed by atoms with Crippen molar-refractivity contribution in [2.45, 2.75) is 0 Å². The summed E-state index contributed by atoms with van der Waals surface area (Å²) in [5, 5.41) is 11.0. The Morgan fingerprint density at radius 1 is 1.33 bits per heavy atom. The van der Waals surface area contributed by atoms with Crippen molar-refractivity contribution in [3.8, 4) is 0 Å². The van der Waals surface area contributed by atoms with Crippen LogP contribution in [0.15, 0.2) is 41.3 Å². The molecule has 2 heterocycles. The Morgan fingerprint density at radius 3 is 3.20 bits per heavy atom. The molecule has 0 saturated heterocycles. The third-order valence-corrected chi connectivity index (χ3v) is 2.13. The third kappa shape index (κ3) is 1.43. The average Bonchev–Trinajstić information content (AvgIpc) is 2.87. The van der Waals surface area contributed by atoms with Crippen molar-refractivity contribution in [3.63, 3.8) is 0 Å². The largest absolute Gasteiger partial charge is 0.432 e. The van der Waals surface area contributed by atoms with Crippen LogP contribution >= 0.6 is 0 Å². The maximum absolute atomic E-state index is 5.08. The lowest BCUT2D eigenvalue weighted by molar-refractivity contribution is 0.578. The summed E-state index contributed by atoms with van der Waals surface area (Å²) in [5.74, 6) is 0. The van der Waals surface area contributed by atoms with Crippen LogP contribution in [0.25, 0.3) is 10.9 Å². The summed E-state index contributed by atoms with van der Waals surface area (Å²) in [5.41, 5.74) is 1.89. The number of aromatic amines is 1. The highest BCUT2D eigenvalue weighted by atomic mass is 16.4. The topological polar surface area (TPSA) is 66.7 Å². The van der Waals surface area contributed by atoms with Crippen molar-refractivity contribution < 1.29 is 4.42 Å². The maximum atomic E-state index is 5.08. The second kappa shape index (κ2) is 3.13. The molecule has 2 N–H and O–H groups in total. The van der Waals surface area contributed by atoms with Gasteiger partial charge in [0, 0.05) is 11.1 Å². The number of aromatic nitrogens is 3. The van der Waals surface area contributed by atoms with Gasteiger partial charge in [0.15, 0.2) is 0 Å². The van der Waals surface area contributed by atoms with Crippen molar-refractivity contribution in [1.29, 1.82) is 0 Å². The van der Waals surface area contributed by atoms with E-state index in [-0.39, 0.29) is 0 Å². The van der Waals surface area contributed by atoms with E-state index in [0.29, 0.717) is 6.01 Å². The summed E-state index contributed by atoms with van der Waals surface area (Å²) in [6.45, 7) is 0. The van der Waals surface area contributed by atoms with Gasteiger partial charge >= 0.3 is 0 Å². The summed E-state index contributed by atoms with van der Waals surface area (Å²) in [6.07, 6.45) is 4.90. The van der Waals surface area contributed by atoms with E-state index in [1.165, 1.54) is 6.26 Å². The molecule has 3 aromatic rings. The highest BCUT2D eigenvalue weighted by Gasteiger charge is 2.00. The number of benzene rings is 1. The summed E-state index contributed by atoms with van der Waals surface area (Å²) in [7, 11) is 0. The lowest BCUT2D eigenvalue weighted by Crippen LogP contribution is -1.89. The summed E-state index contributed by atoms with van der Waals surface area (Å²) in [4.78, 5) is 3.98. The first-order valence-corrected chi connectivity index (χ1v) is 4.51. The standard InChI is InChI=1S/C10H8N4O/c1-2-8(13-10-11-3-4-15-10)5-9-7(1)6-12-14-9/h1-6H,(H,11,13)(H,12,14). The fourth-order valence-electron chi connectivity index (χ4n) is 1.42. The van der Waals surface area contributed by atoms with E-state index in [2.05, 4.69) is 20.5 Å². The number of fused-ring (bicyclic) bond motifs is 1. The van der Waals surface area contributed by atoms with Crippen LogP contribution in [0.3, 0.4) is 0 Å². The van der Waals surface area contributed by atoms with Crippen LogP contribution in [0, 0.1) is 0 Å². The first kappa shape index (κ1) is 8.05. The smallest absolute Gasteiger partial charge is 0.299 e. The van der Waals surface area contributed by atoms with Crippen LogP contribution in [-0.4, -0.2) is 15.2 Å². The summed E-state index contributed by atoms with van der Waals surface area (Å²) >= 11 is 0. The van der Waals surface area contributed by atoms with Gasteiger partial charge in [-0.1, -0.05) is 0 Å². The van der Waals surface area contributed by atoms with Crippen molar-refractivity contribution >= 4 is 22.6 Å². The Bertz CT molecular complexity index is 570. The van der Waals surface area contributed by atoms with Crippen LogP contribution in [0.4, 0.5) is 11.7 Å². The number of H-pyrrole nitrogens is 1. The first-order chi connectivity index (χ1) is 7.42. The van der Waals surface area contributed by atoms with Crippen LogP contribution in [0.2, 0.25) is 0 Å². The molecule has 1 aromatic carbocycles. The Labute approximate surface area is 85.1 Å². The molecule has 0 bridgehead atoms. The van der Waals surface area contributed by atoms with Crippen LogP contribution in [-0.2, 0) is 0 Å². The Hall–Kier alpha value is -2.30. The van der Waals surface area contributed by atoms with Crippen molar-refractivity contribution in [3.05, 3.63) is 36.9 Å². The second-order valence-corrected chi connectivity index (χ2v) is 3.13. The van der Waals surface area contributed by atoms with Crippen molar-refractivity contribution in [2.75, 3.05) is 5.32 Å². The van der Waals surface area contributed by atoms with E-state index in [0.717, 1.165) is 16.6 Å². The number of oxazole rings is 1. The number of nitrogens with zero attached hydrogens (tertiary/aromatic N) is 2. The Kier molecular flexibility index (Phi) is 1.68. The molecule has 0 saturated carbocycles. The van der Waals surface area contributed by atoms with Gasteiger partial charge in [-0.15, -0.1) is 0 Å². The number of rotatable bonds is 2. The van der Waals surface area contributed by atoms with E-state index >= 15 is 0 Å². The van der Waals surface area contributed by atoms with Crippen molar-refractivity contribution in [2.24, 2.45) is 0 Å². The number of anilines is 2. The monoisotopic (exact) mass is 200 g/mol. The highest BCUT2D eigenvalue weighted by molar-refractivity contribution is 5.82. The molecule has 5 heteroatoms. The minimum atomic E-state index is 0.480. The highest BCUT2D eigenvalue weighted by Crippen LogP contribution is 2.19. The lowest BCUT2D eigenvalue weighted by Gasteiger charge is -2.00. The molecule has 0 aliphatic heterocycles.